The van der Waals surface area contributed by atoms with Crippen LogP contribution in [-0.4, -0.2) is 62.9 Å². The minimum Gasteiger partial charge on any atom is -0.378 e. The lowest BCUT2D eigenvalue weighted by atomic mass is 10.0. The highest BCUT2D eigenvalue weighted by molar-refractivity contribution is 7.91. The van der Waals surface area contributed by atoms with Gasteiger partial charge < -0.3 is 9.64 Å². The molecule has 2 aliphatic rings. The fourth-order valence-electron chi connectivity index (χ4n) is 3.42. The van der Waals surface area contributed by atoms with E-state index >= 15 is 0 Å². The summed E-state index contributed by atoms with van der Waals surface area (Å²) in [5.41, 5.74) is 2.73. The maximum Gasteiger partial charge on any atom is 0.254 e. The summed E-state index contributed by atoms with van der Waals surface area (Å²) in [6, 6.07) is 11.5. The number of sulfonamides is 1. The Morgan fingerprint density at radius 2 is 1.82 bits per heavy atom. The van der Waals surface area contributed by atoms with Crippen LogP contribution in [0.3, 0.4) is 0 Å². The maximum atomic E-state index is 13.0. The van der Waals surface area contributed by atoms with E-state index in [1.54, 1.807) is 10.3 Å². The zero-order valence-electron chi connectivity index (χ0n) is 15.4. The third-order valence-corrected chi connectivity index (χ3v) is 8.31. The first-order chi connectivity index (χ1) is 13.6. The van der Waals surface area contributed by atoms with Gasteiger partial charge in [0.2, 0.25) is 0 Å². The summed E-state index contributed by atoms with van der Waals surface area (Å²) in [4.78, 5) is 14.3. The summed E-state index contributed by atoms with van der Waals surface area (Å²) in [5, 5.41) is 1.64. The molecular formula is C20H22N2O4S2. The fraction of sp³-hybridized carbons (Fsp3) is 0.350. The predicted octanol–water partition coefficient (Wildman–Crippen LogP) is 2.70. The van der Waals surface area contributed by atoms with Crippen LogP contribution in [0.1, 0.15) is 22.3 Å². The molecule has 0 spiro atoms. The lowest BCUT2D eigenvalue weighted by molar-refractivity contribution is 0.0303. The molecule has 3 heterocycles. The highest BCUT2D eigenvalue weighted by atomic mass is 32.2. The predicted molar refractivity (Wildman–Crippen MR) is 109 cm³/mol. The van der Waals surface area contributed by atoms with Crippen molar-refractivity contribution in [1.29, 1.82) is 0 Å². The van der Waals surface area contributed by atoms with Crippen molar-refractivity contribution in [1.82, 2.24) is 9.21 Å². The Kier molecular flexibility index (Phi) is 5.63. The van der Waals surface area contributed by atoms with E-state index < -0.39 is 10.0 Å². The van der Waals surface area contributed by atoms with Crippen LogP contribution >= 0.6 is 11.3 Å². The molecule has 28 heavy (non-hydrogen) atoms. The third-order valence-electron chi connectivity index (χ3n) is 5.03. The largest absolute Gasteiger partial charge is 0.378 e. The Morgan fingerprint density at radius 1 is 1.07 bits per heavy atom. The first kappa shape index (κ1) is 19.3. The molecule has 0 bridgehead atoms. The second-order valence-electron chi connectivity index (χ2n) is 6.77. The molecule has 0 N–H and O–H groups in total. The minimum atomic E-state index is -3.60. The monoisotopic (exact) mass is 418 g/mol. The van der Waals surface area contributed by atoms with Crippen molar-refractivity contribution >= 4 is 32.8 Å². The van der Waals surface area contributed by atoms with Crippen LogP contribution in [0.25, 0.3) is 5.57 Å². The quantitative estimate of drug-likeness (QED) is 0.766. The second-order valence-corrected chi connectivity index (χ2v) is 9.84. The number of carbonyl (C=O) groups is 1. The molecule has 0 saturated carbocycles. The van der Waals surface area contributed by atoms with E-state index in [1.165, 1.54) is 15.9 Å². The van der Waals surface area contributed by atoms with Gasteiger partial charge in [0.05, 0.1) is 18.8 Å². The summed E-state index contributed by atoms with van der Waals surface area (Å²) >= 11 is 1.11. The van der Waals surface area contributed by atoms with Crippen LogP contribution in [-0.2, 0) is 14.8 Å². The molecule has 6 nitrogen and oxygen atoms in total. The van der Waals surface area contributed by atoms with Gasteiger partial charge in [0, 0.05) is 31.6 Å². The van der Waals surface area contributed by atoms with Crippen molar-refractivity contribution in [2.24, 2.45) is 0 Å². The van der Waals surface area contributed by atoms with Gasteiger partial charge in [-0.15, -0.1) is 11.3 Å². The van der Waals surface area contributed by atoms with Crippen LogP contribution in [0.2, 0.25) is 0 Å². The smallest absolute Gasteiger partial charge is 0.254 e. The number of nitrogens with zero attached hydrogens (tertiary/aromatic N) is 2. The number of hydrogen-bond acceptors (Lipinski definition) is 5. The Balaban J connectivity index is 1.48. The van der Waals surface area contributed by atoms with Gasteiger partial charge in [0.25, 0.3) is 15.9 Å². The van der Waals surface area contributed by atoms with E-state index in [2.05, 4.69) is 0 Å². The van der Waals surface area contributed by atoms with Gasteiger partial charge >= 0.3 is 0 Å². The van der Waals surface area contributed by atoms with Gasteiger partial charge in [0.1, 0.15) is 4.21 Å². The Hall–Kier alpha value is -2.00. The van der Waals surface area contributed by atoms with Gasteiger partial charge in [0.15, 0.2) is 0 Å². The lowest BCUT2D eigenvalue weighted by Gasteiger charge is -2.26. The van der Waals surface area contributed by atoms with Gasteiger partial charge in [-0.1, -0.05) is 36.4 Å². The molecule has 4 rings (SSSR count). The van der Waals surface area contributed by atoms with Crippen LogP contribution in [0.4, 0.5) is 0 Å². The van der Waals surface area contributed by atoms with Crippen LogP contribution in [0.5, 0.6) is 0 Å². The molecule has 2 aromatic rings. The summed E-state index contributed by atoms with van der Waals surface area (Å²) < 4.78 is 33.0. The molecule has 1 aromatic heterocycles. The average molecular weight is 419 g/mol. The van der Waals surface area contributed by atoms with Crippen LogP contribution in [0.15, 0.2) is 52.1 Å². The van der Waals surface area contributed by atoms with E-state index in [9.17, 15) is 13.2 Å². The normalized spacial score (nSPS) is 18.7. The van der Waals surface area contributed by atoms with Gasteiger partial charge in [-0.2, -0.15) is 4.31 Å². The summed E-state index contributed by atoms with van der Waals surface area (Å²) in [7, 11) is -3.60. The number of rotatable bonds is 4. The molecule has 0 atom stereocenters. The Bertz CT molecular complexity index is 977. The van der Waals surface area contributed by atoms with Crippen molar-refractivity contribution in [2.75, 3.05) is 39.4 Å². The molecule has 148 valence electrons. The minimum absolute atomic E-state index is 0.133. The summed E-state index contributed by atoms with van der Waals surface area (Å²) in [6.45, 7) is 2.90. The van der Waals surface area contributed by atoms with Crippen molar-refractivity contribution < 1.29 is 17.9 Å². The van der Waals surface area contributed by atoms with Crippen molar-refractivity contribution in [3.8, 4) is 0 Å². The Morgan fingerprint density at radius 3 is 2.50 bits per heavy atom. The topological polar surface area (TPSA) is 66.9 Å². The zero-order chi connectivity index (χ0) is 19.6. The van der Waals surface area contributed by atoms with Crippen LogP contribution in [0, 0.1) is 0 Å². The molecule has 0 unspecified atom stereocenters. The number of morpholine rings is 1. The average Bonchev–Trinajstić information content (AvgIpc) is 3.26. The van der Waals surface area contributed by atoms with E-state index in [1.807, 2.05) is 36.4 Å². The first-order valence-electron chi connectivity index (χ1n) is 9.26. The van der Waals surface area contributed by atoms with Crippen molar-refractivity contribution in [3.05, 3.63) is 59.0 Å². The standard InChI is InChI=1S/C20H22N2O4S2/c23-20(21-10-12-26-13-11-21)18-14-19(27-15-18)28(24,25)22-8-6-17(7-9-22)16-4-2-1-3-5-16/h1-6,14-15H,7-13H2. The molecule has 1 aromatic carbocycles. The molecule has 0 aliphatic carbocycles. The van der Waals surface area contributed by atoms with E-state index in [4.69, 9.17) is 4.74 Å². The zero-order valence-corrected chi connectivity index (χ0v) is 17.0. The summed E-state index contributed by atoms with van der Waals surface area (Å²) in [5.74, 6) is -0.133. The third kappa shape index (κ3) is 3.91. The molecule has 1 fully saturated rings. The molecule has 0 radical (unpaired) electrons. The van der Waals surface area contributed by atoms with E-state index in [0.29, 0.717) is 51.4 Å². The van der Waals surface area contributed by atoms with E-state index in [0.717, 1.165) is 16.9 Å². The number of carbonyl (C=O) groups excluding carboxylic acids is 1. The second kappa shape index (κ2) is 8.16. The number of hydrogen-bond donors (Lipinski definition) is 0. The van der Waals surface area contributed by atoms with Gasteiger partial charge in [-0.25, -0.2) is 8.42 Å². The summed E-state index contributed by atoms with van der Waals surface area (Å²) in [6.07, 6.45) is 2.65. The van der Waals surface area contributed by atoms with Crippen molar-refractivity contribution in [2.45, 2.75) is 10.6 Å². The van der Waals surface area contributed by atoms with Gasteiger partial charge in [-0.05, 0) is 23.6 Å². The number of benzene rings is 1. The SMILES string of the molecule is O=C(c1csc(S(=O)(=O)N2CC=C(c3ccccc3)CC2)c1)N1CCOCC1. The molecule has 1 saturated heterocycles. The maximum absolute atomic E-state index is 13.0. The molecule has 8 heteroatoms. The van der Waals surface area contributed by atoms with Crippen molar-refractivity contribution in [3.63, 3.8) is 0 Å². The lowest BCUT2D eigenvalue weighted by Crippen LogP contribution is -2.40. The Labute approximate surface area is 169 Å². The highest BCUT2D eigenvalue weighted by Crippen LogP contribution is 2.29. The van der Waals surface area contributed by atoms with E-state index in [-0.39, 0.29) is 10.1 Å². The fourth-order valence-corrected chi connectivity index (χ4v) is 6.11. The van der Waals surface area contributed by atoms with Gasteiger partial charge in [-0.3, -0.25) is 4.79 Å². The first-order valence-corrected chi connectivity index (χ1v) is 11.6. The highest BCUT2D eigenvalue weighted by Gasteiger charge is 2.29. The molecular weight excluding hydrogens is 396 g/mol. The van der Waals surface area contributed by atoms with Crippen LogP contribution < -0.4 is 0 Å². The number of ether oxygens (including phenoxy) is 1. The number of thiophene rings is 1. The molecule has 1 amide bonds. The molecule has 2 aliphatic heterocycles. The number of amides is 1.